The number of aldehydes is 1. The van der Waals surface area contributed by atoms with Gasteiger partial charge in [-0.15, -0.1) is 0 Å². The predicted molar refractivity (Wildman–Crippen MR) is 103 cm³/mol. The summed E-state index contributed by atoms with van der Waals surface area (Å²) >= 11 is 0. The van der Waals surface area contributed by atoms with E-state index in [1.54, 1.807) is 11.7 Å². The van der Waals surface area contributed by atoms with Gasteiger partial charge in [-0.05, 0) is 25.2 Å². The summed E-state index contributed by atoms with van der Waals surface area (Å²) in [6, 6.07) is 5.96. The number of carbonyl (C=O) groups is 2. The topological polar surface area (TPSA) is 73.7 Å². The van der Waals surface area contributed by atoms with Gasteiger partial charge in [-0.2, -0.15) is 5.10 Å². The van der Waals surface area contributed by atoms with Crippen LogP contribution in [0.1, 0.15) is 6.42 Å². The third-order valence-electron chi connectivity index (χ3n) is 4.87. The number of urea groups is 1. The zero-order valence-corrected chi connectivity index (χ0v) is 15.6. The lowest BCUT2D eigenvalue weighted by atomic mass is 10.2. The molecule has 8 nitrogen and oxygen atoms in total. The van der Waals surface area contributed by atoms with Gasteiger partial charge in [-0.3, -0.25) is 9.58 Å². The van der Waals surface area contributed by atoms with Crippen LogP contribution in [0.5, 0.6) is 0 Å². The molecular formula is C18H26N6O2. The fraction of sp³-hybridized carbons (Fsp3) is 0.500. The van der Waals surface area contributed by atoms with Crippen molar-refractivity contribution in [1.29, 1.82) is 0 Å². The number of piperazine rings is 1. The molecule has 0 radical (unpaired) electrons. The Hall–Kier alpha value is -2.61. The summed E-state index contributed by atoms with van der Waals surface area (Å²) in [5, 5.41) is 8.07. The molecule has 0 atom stereocenters. The van der Waals surface area contributed by atoms with Crippen molar-refractivity contribution >= 4 is 34.7 Å². The van der Waals surface area contributed by atoms with E-state index in [1.165, 1.54) is 10.6 Å². The highest BCUT2D eigenvalue weighted by Crippen LogP contribution is 2.30. The minimum absolute atomic E-state index is 0.269. The van der Waals surface area contributed by atoms with Crippen molar-refractivity contribution in [3.05, 3.63) is 18.2 Å². The van der Waals surface area contributed by atoms with Gasteiger partial charge < -0.3 is 19.9 Å². The molecule has 0 spiro atoms. The number of hydrogen-bond acceptors (Lipinski definition) is 5. The first-order chi connectivity index (χ1) is 12.5. The molecule has 2 heterocycles. The van der Waals surface area contributed by atoms with Crippen molar-refractivity contribution in [2.45, 2.75) is 6.42 Å². The zero-order valence-electron chi connectivity index (χ0n) is 15.6. The molecule has 0 bridgehead atoms. The molecule has 1 aliphatic rings. The van der Waals surface area contributed by atoms with Crippen LogP contribution in [0.3, 0.4) is 0 Å². The fourth-order valence-electron chi connectivity index (χ4n) is 3.31. The van der Waals surface area contributed by atoms with Gasteiger partial charge in [0.1, 0.15) is 6.29 Å². The first kappa shape index (κ1) is 18.2. The van der Waals surface area contributed by atoms with E-state index in [1.807, 2.05) is 13.1 Å². The molecule has 2 aromatic rings. The summed E-state index contributed by atoms with van der Waals surface area (Å²) < 4.78 is 1.79. The molecule has 0 unspecified atom stereocenters. The largest absolute Gasteiger partial charge is 0.369 e. The van der Waals surface area contributed by atoms with Crippen LogP contribution in [-0.4, -0.2) is 73.8 Å². The maximum Gasteiger partial charge on any atom is 0.322 e. The number of nitrogens with one attached hydrogen (secondary N) is 1. The van der Waals surface area contributed by atoms with Gasteiger partial charge in [0.15, 0.2) is 5.82 Å². The maximum atomic E-state index is 12.3. The molecule has 26 heavy (non-hydrogen) atoms. The van der Waals surface area contributed by atoms with Crippen molar-refractivity contribution < 1.29 is 9.59 Å². The van der Waals surface area contributed by atoms with Gasteiger partial charge in [-0.25, -0.2) is 4.79 Å². The van der Waals surface area contributed by atoms with Gasteiger partial charge in [0, 0.05) is 64.3 Å². The van der Waals surface area contributed by atoms with Crippen LogP contribution in [0.15, 0.2) is 18.2 Å². The van der Waals surface area contributed by atoms with Crippen LogP contribution in [0.2, 0.25) is 0 Å². The second kappa shape index (κ2) is 7.74. The number of aryl methyl sites for hydroxylation is 1. The highest BCUT2D eigenvalue weighted by molar-refractivity contribution is 6.01. The monoisotopic (exact) mass is 358 g/mol. The van der Waals surface area contributed by atoms with Crippen LogP contribution in [-0.2, 0) is 11.8 Å². The van der Waals surface area contributed by atoms with Crippen LogP contribution in [0.4, 0.5) is 16.3 Å². The molecule has 1 fully saturated rings. The number of anilines is 2. The third-order valence-corrected chi connectivity index (χ3v) is 4.87. The van der Waals surface area contributed by atoms with Crippen LogP contribution < -0.4 is 15.1 Å². The molecule has 140 valence electrons. The van der Waals surface area contributed by atoms with Crippen molar-refractivity contribution in [3.63, 3.8) is 0 Å². The smallest absolute Gasteiger partial charge is 0.322 e. The van der Waals surface area contributed by atoms with Gasteiger partial charge in [0.05, 0.1) is 5.52 Å². The average Bonchev–Trinajstić information content (AvgIpc) is 2.98. The Bertz CT molecular complexity index is 794. The predicted octanol–water partition coefficient (Wildman–Crippen LogP) is 1.06. The van der Waals surface area contributed by atoms with Crippen molar-refractivity contribution in [2.75, 3.05) is 56.6 Å². The summed E-state index contributed by atoms with van der Waals surface area (Å²) in [4.78, 5) is 29.2. The van der Waals surface area contributed by atoms with E-state index in [0.29, 0.717) is 12.4 Å². The molecule has 0 saturated carbocycles. The molecule has 1 aliphatic heterocycles. The van der Waals surface area contributed by atoms with E-state index in [9.17, 15) is 9.59 Å². The van der Waals surface area contributed by atoms with E-state index in [4.69, 9.17) is 0 Å². The Kier molecular flexibility index (Phi) is 5.41. The number of amides is 2. The summed E-state index contributed by atoms with van der Waals surface area (Å²) in [5.74, 6) is 0.577. The molecule has 8 heteroatoms. The zero-order chi connectivity index (χ0) is 18.7. The third kappa shape index (κ3) is 3.50. The van der Waals surface area contributed by atoms with Crippen molar-refractivity contribution in [1.82, 2.24) is 20.0 Å². The summed E-state index contributed by atoms with van der Waals surface area (Å²) in [6.45, 7) is 4.39. The Morgan fingerprint density at radius 1 is 1.27 bits per heavy atom. The second-order valence-electron chi connectivity index (χ2n) is 6.60. The molecule has 1 aromatic heterocycles. The summed E-state index contributed by atoms with van der Waals surface area (Å²) in [7, 11) is 5.59. The molecule has 3 rings (SSSR count). The quantitative estimate of drug-likeness (QED) is 0.809. The van der Waals surface area contributed by atoms with Crippen LogP contribution in [0, 0.1) is 0 Å². The minimum atomic E-state index is -0.269. The van der Waals surface area contributed by atoms with Gasteiger partial charge in [0.25, 0.3) is 0 Å². The van der Waals surface area contributed by atoms with E-state index >= 15 is 0 Å². The first-order valence-corrected chi connectivity index (χ1v) is 8.88. The number of nitrogens with zero attached hydrogens (tertiary/aromatic N) is 5. The average molecular weight is 358 g/mol. The highest BCUT2D eigenvalue weighted by atomic mass is 16.2. The Morgan fingerprint density at radius 3 is 2.65 bits per heavy atom. The second-order valence-corrected chi connectivity index (χ2v) is 6.60. The molecule has 2 amide bonds. The highest BCUT2D eigenvalue weighted by Gasteiger charge is 2.22. The van der Waals surface area contributed by atoms with Gasteiger partial charge >= 0.3 is 6.03 Å². The number of fused-ring (bicyclic) bond motifs is 1. The number of likely N-dealkylation sites (N-methyl/N-ethyl adjacent to an activating group) is 1. The normalized spacial score (nSPS) is 15.3. The molecule has 1 N–H and O–H groups in total. The van der Waals surface area contributed by atoms with Gasteiger partial charge in [-0.1, -0.05) is 0 Å². The molecule has 1 saturated heterocycles. The number of benzene rings is 1. The number of aromatic nitrogens is 2. The number of rotatable bonds is 5. The van der Waals surface area contributed by atoms with E-state index in [2.05, 4.69) is 39.4 Å². The summed E-state index contributed by atoms with van der Waals surface area (Å²) in [6.07, 6.45) is 1.08. The standard InChI is InChI=1S/C18H26N6O2/c1-19-18(26)24(7-4-12-25)17-15-6-5-14(13-16(15)22(3)20-17)23-10-8-21(2)9-11-23/h5-6,12-13H,4,7-11H2,1-3H3,(H,19,26). The molecular weight excluding hydrogens is 332 g/mol. The van der Waals surface area contributed by atoms with E-state index in [-0.39, 0.29) is 12.5 Å². The lowest BCUT2D eigenvalue weighted by molar-refractivity contribution is -0.107. The minimum Gasteiger partial charge on any atom is -0.369 e. The maximum absolute atomic E-state index is 12.3. The number of carbonyl (C=O) groups excluding carboxylic acids is 2. The SMILES string of the molecule is CNC(=O)N(CCC=O)c1nn(C)c2cc(N3CCN(C)CC3)ccc12. The molecule has 1 aromatic carbocycles. The van der Waals surface area contributed by atoms with Crippen LogP contribution >= 0.6 is 0 Å². The van der Waals surface area contributed by atoms with Crippen molar-refractivity contribution in [2.24, 2.45) is 7.05 Å². The van der Waals surface area contributed by atoms with E-state index in [0.717, 1.165) is 43.4 Å². The summed E-state index contributed by atoms with van der Waals surface area (Å²) in [5.41, 5.74) is 2.14. The molecule has 0 aliphatic carbocycles. The van der Waals surface area contributed by atoms with Crippen LogP contribution in [0.25, 0.3) is 10.9 Å². The fourth-order valence-corrected chi connectivity index (χ4v) is 3.31. The van der Waals surface area contributed by atoms with Crippen molar-refractivity contribution in [3.8, 4) is 0 Å². The Morgan fingerprint density at radius 2 is 2.00 bits per heavy atom. The Labute approximate surface area is 153 Å². The van der Waals surface area contributed by atoms with E-state index < -0.39 is 0 Å². The lowest BCUT2D eigenvalue weighted by Gasteiger charge is -2.34. The number of hydrogen-bond donors (Lipinski definition) is 1. The van der Waals surface area contributed by atoms with Gasteiger partial charge in [0.2, 0.25) is 0 Å². The Balaban J connectivity index is 1.95. The lowest BCUT2D eigenvalue weighted by Crippen LogP contribution is -2.44. The first-order valence-electron chi connectivity index (χ1n) is 8.88.